The van der Waals surface area contributed by atoms with Crippen molar-refractivity contribution in [2.45, 2.75) is 31.3 Å². The van der Waals surface area contributed by atoms with E-state index in [1.807, 2.05) is 0 Å². The summed E-state index contributed by atoms with van der Waals surface area (Å²) in [5, 5.41) is 0.431. The highest BCUT2D eigenvalue weighted by molar-refractivity contribution is 6.30. The number of hydrogen-bond donors (Lipinski definition) is 1. The molecule has 0 aromatic heterocycles. The molecule has 2 rings (SSSR count). The van der Waals surface area contributed by atoms with E-state index in [1.165, 1.54) is 31.4 Å². The third-order valence-corrected chi connectivity index (χ3v) is 3.85. The van der Waals surface area contributed by atoms with E-state index in [0.717, 1.165) is 5.56 Å². The third kappa shape index (κ3) is 2.79. The molecule has 0 saturated heterocycles. The zero-order chi connectivity index (χ0) is 12.4. The van der Waals surface area contributed by atoms with E-state index < -0.39 is 0 Å². The molecular formula is C13H18ClFN2. The summed E-state index contributed by atoms with van der Waals surface area (Å²) >= 11 is 5.88. The summed E-state index contributed by atoms with van der Waals surface area (Å²) in [6.45, 7) is 0.479. The quantitative estimate of drug-likeness (QED) is 0.898. The molecule has 1 aromatic carbocycles. The number of nitrogens with zero attached hydrogens (tertiary/aromatic N) is 1. The molecular weight excluding hydrogens is 239 g/mol. The summed E-state index contributed by atoms with van der Waals surface area (Å²) in [4.78, 5) is 2.24. The fourth-order valence-corrected chi connectivity index (χ4v) is 2.58. The van der Waals surface area contributed by atoms with E-state index in [4.69, 9.17) is 17.3 Å². The lowest BCUT2D eigenvalue weighted by Gasteiger charge is -2.39. The Bertz CT molecular complexity index is 373. The second kappa shape index (κ2) is 5.34. The Labute approximate surface area is 107 Å². The molecule has 1 saturated carbocycles. The van der Waals surface area contributed by atoms with Gasteiger partial charge >= 0.3 is 0 Å². The van der Waals surface area contributed by atoms with Gasteiger partial charge in [-0.25, -0.2) is 4.39 Å². The Balaban J connectivity index is 2.21. The van der Waals surface area contributed by atoms with E-state index in [2.05, 4.69) is 11.9 Å². The van der Waals surface area contributed by atoms with Crippen molar-refractivity contribution in [3.8, 4) is 0 Å². The first kappa shape index (κ1) is 12.8. The summed E-state index contributed by atoms with van der Waals surface area (Å²) < 4.78 is 13.3. The Morgan fingerprint density at radius 2 is 2.18 bits per heavy atom. The Kier molecular flexibility index (Phi) is 4.02. The highest BCUT2D eigenvalue weighted by Crippen LogP contribution is 2.31. The van der Waals surface area contributed by atoms with Gasteiger partial charge in [0.1, 0.15) is 5.82 Å². The predicted octanol–water partition coefficient (Wildman–Crippen LogP) is 2.96. The van der Waals surface area contributed by atoms with Gasteiger partial charge in [-0.1, -0.05) is 18.0 Å². The van der Waals surface area contributed by atoms with E-state index in [1.54, 1.807) is 6.07 Å². The molecule has 2 N–H and O–H groups in total. The molecule has 17 heavy (non-hydrogen) atoms. The number of hydrogen-bond acceptors (Lipinski definition) is 2. The zero-order valence-electron chi connectivity index (χ0n) is 10.00. The average Bonchev–Trinajstić information content (AvgIpc) is 2.14. The van der Waals surface area contributed by atoms with Gasteiger partial charge in [0.15, 0.2) is 0 Å². The first-order valence-electron chi connectivity index (χ1n) is 6.00. The van der Waals surface area contributed by atoms with Crippen molar-refractivity contribution in [2.75, 3.05) is 13.6 Å². The summed E-state index contributed by atoms with van der Waals surface area (Å²) in [5.74, 6) is -0.298. The standard InChI is InChI=1S/C13H18ClFN2/c1-17(12-3-2-4-12)13(8-16)9-5-10(14)7-11(15)6-9/h5-7,12-13H,2-4,8,16H2,1H3. The summed E-state index contributed by atoms with van der Waals surface area (Å²) in [7, 11) is 2.06. The number of rotatable bonds is 4. The minimum Gasteiger partial charge on any atom is -0.329 e. The molecule has 0 aliphatic heterocycles. The Morgan fingerprint density at radius 1 is 1.47 bits per heavy atom. The maximum absolute atomic E-state index is 13.3. The molecule has 1 atom stereocenters. The molecule has 0 heterocycles. The summed E-state index contributed by atoms with van der Waals surface area (Å²) in [6, 6.07) is 5.27. The largest absolute Gasteiger partial charge is 0.329 e. The molecule has 2 nitrogen and oxygen atoms in total. The van der Waals surface area contributed by atoms with Crippen LogP contribution >= 0.6 is 11.6 Å². The average molecular weight is 257 g/mol. The molecule has 94 valence electrons. The van der Waals surface area contributed by atoms with E-state index in [0.29, 0.717) is 17.6 Å². The van der Waals surface area contributed by atoms with Gasteiger partial charge in [0, 0.05) is 23.7 Å². The third-order valence-electron chi connectivity index (χ3n) is 3.64. The van der Waals surface area contributed by atoms with Crippen LogP contribution in [-0.2, 0) is 0 Å². The van der Waals surface area contributed by atoms with Gasteiger partial charge in [-0.15, -0.1) is 0 Å². The molecule has 1 aliphatic rings. The first-order chi connectivity index (χ1) is 8.11. The number of benzene rings is 1. The minimum atomic E-state index is -0.298. The van der Waals surface area contributed by atoms with E-state index in [-0.39, 0.29) is 11.9 Å². The number of nitrogens with two attached hydrogens (primary N) is 1. The van der Waals surface area contributed by atoms with Crippen LogP contribution in [0, 0.1) is 5.82 Å². The highest BCUT2D eigenvalue weighted by atomic mass is 35.5. The van der Waals surface area contributed by atoms with Crippen molar-refractivity contribution < 1.29 is 4.39 Å². The molecule has 1 aliphatic carbocycles. The fraction of sp³-hybridized carbons (Fsp3) is 0.538. The molecule has 0 spiro atoms. The van der Waals surface area contributed by atoms with Gasteiger partial charge in [-0.05, 0) is 43.7 Å². The smallest absolute Gasteiger partial charge is 0.125 e. The molecule has 1 aromatic rings. The lowest BCUT2D eigenvalue weighted by molar-refractivity contribution is 0.113. The summed E-state index contributed by atoms with van der Waals surface area (Å²) in [6.07, 6.45) is 3.68. The second-order valence-corrected chi connectivity index (χ2v) is 5.14. The number of halogens is 2. The lowest BCUT2D eigenvalue weighted by Crippen LogP contribution is -2.42. The van der Waals surface area contributed by atoms with E-state index >= 15 is 0 Å². The lowest BCUT2D eigenvalue weighted by atomic mass is 9.89. The van der Waals surface area contributed by atoms with Crippen LogP contribution in [0.25, 0.3) is 0 Å². The van der Waals surface area contributed by atoms with Gasteiger partial charge < -0.3 is 5.73 Å². The van der Waals surface area contributed by atoms with Crippen molar-refractivity contribution in [3.05, 3.63) is 34.6 Å². The molecule has 4 heteroatoms. The molecule has 0 bridgehead atoms. The summed E-state index contributed by atoms with van der Waals surface area (Å²) in [5.41, 5.74) is 6.68. The molecule has 1 unspecified atom stereocenters. The van der Waals surface area contributed by atoms with Gasteiger partial charge in [0.2, 0.25) is 0 Å². The molecule has 1 fully saturated rings. The van der Waals surface area contributed by atoms with Crippen molar-refractivity contribution >= 4 is 11.6 Å². The van der Waals surface area contributed by atoms with Crippen LogP contribution in [0.2, 0.25) is 5.02 Å². The van der Waals surface area contributed by atoms with Crippen LogP contribution < -0.4 is 5.73 Å². The monoisotopic (exact) mass is 256 g/mol. The van der Waals surface area contributed by atoms with Crippen LogP contribution in [-0.4, -0.2) is 24.5 Å². The second-order valence-electron chi connectivity index (χ2n) is 4.70. The molecule has 0 radical (unpaired) electrons. The van der Waals surface area contributed by atoms with Crippen molar-refractivity contribution in [1.29, 1.82) is 0 Å². The maximum Gasteiger partial charge on any atom is 0.125 e. The van der Waals surface area contributed by atoms with Crippen molar-refractivity contribution in [1.82, 2.24) is 4.90 Å². The topological polar surface area (TPSA) is 29.3 Å². The Morgan fingerprint density at radius 3 is 2.65 bits per heavy atom. The van der Waals surface area contributed by atoms with Crippen molar-refractivity contribution in [3.63, 3.8) is 0 Å². The van der Waals surface area contributed by atoms with Crippen LogP contribution in [0.3, 0.4) is 0 Å². The van der Waals surface area contributed by atoms with Crippen LogP contribution in [0.5, 0.6) is 0 Å². The fourth-order valence-electron chi connectivity index (χ4n) is 2.35. The van der Waals surface area contributed by atoms with Gasteiger partial charge in [0.25, 0.3) is 0 Å². The minimum absolute atomic E-state index is 0.0495. The zero-order valence-corrected chi connectivity index (χ0v) is 10.8. The normalized spacial score (nSPS) is 18.2. The predicted molar refractivity (Wildman–Crippen MR) is 68.6 cm³/mol. The SMILES string of the molecule is CN(C1CCC1)C(CN)c1cc(F)cc(Cl)c1. The molecule has 0 amide bonds. The maximum atomic E-state index is 13.3. The van der Waals surface area contributed by atoms with Crippen molar-refractivity contribution in [2.24, 2.45) is 5.73 Å². The van der Waals surface area contributed by atoms with Gasteiger partial charge in [-0.3, -0.25) is 4.90 Å². The highest BCUT2D eigenvalue weighted by Gasteiger charge is 2.28. The van der Waals surface area contributed by atoms with Crippen LogP contribution in [0.1, 0.15) is 30.9 Å². The van der Waals surface area contributed by atoms with Crippen LogP contribution in [0.4, 0.5) is 4.39 Å². The Hall–Kier alpha value is -0.640. The van der Waals surface area contributed by atoms with Gasteiger partial charge in [0.05, 0.1) is 0 Å². The number of likely N-dealkylation sites (N-methyl/N-ethyl adjacent to an activating group) is 1. The van der Waals surface area contributed by atoms with E-state index in [9.17, 15) is 4.39 Å². The van der Waals surface area contributed by atoms with Crippen LogP contribution in [0.15, 0.2) is 18.2 Å². The van der Waals surface area contributed by atoms with Gasteiger partial charge in [-0.2, -0.15) is 0 Å². The first-order valence-corrected chi connectivity index (χ1v) is 6.37.